The molecule has 0 atom stereocenters. The molecule has 0 unspecified atom stereocenters. The summed E-state index contributed by atoms with van der Waals surface area (Å²) in [6, 6.07) is 20.5. The van der Waals surface area contributed by atoms with Gasteiger partial charge in [-0.1, -0.05) is 30.3 Å². The molecule has 152 valence electrons. The highest BCUT2D eigenvalue weighted by Crippen LogP contribution is 2.37. The SMILES string of the molecule is O=C(Nc1ccc2c(c1)Cc1ccccc1-2)c1ccc(S(=O)(=O)N2CCCC2)cc1. The maximum absolute atomic E-state index is 12.7. The normalized spacial score (nSPS) is 15.6. The van der Waals surface area contributed by atoms with E-state index in [1.165, 1.54) is 38.7 Å². The number of sulfonamides is 1. The van der Waals surface area contributed by atoms with Gasteiger partial charge in [0.25, 0.3) is 5.91 Å². The van der Waals surface area contributed by atoms with Gasteiger partial charge in [0.1, 0.15) is 0 Å². The van der Waals surface area contributed by atoms with Crippen molar-refractivity contribution in [3.05, 3.63) is 83.4 Å². The standard InChI is InChI=1S/C24H22N2O3S/c27-24(17-7-10-21(11-8-17)30(28,29)26-13-3-4-14-26)25-20-9-12-23-19(16-20)15-18-5-1-2-6-22(18)23/h1-2,5-12,16H,3-4,13-15H2,(H,25,27). The molecule has 1 N–H and O–H groups in total. The van der Waals surface area contributed by atoms with Crippen LogP contribution >= 0.6 is 0 Å². The molecule has 5 rings (SSSR count). The maximum Gasteiger partial charge on any atom is 0.255 e. The fourth-order valence-corrected chi connectivity index (χ4v) is 5.80. The summed E-state index contributed by atoms with van der Waals surface area (Å²) in [6.07, 6.45) is 2.65. The highest BCUT2D eigenvalue weighted by atomic mass is 32.2. The van der Waals surface area contributed by atoms with Gasteiger partial charge < -0.3 is 5.32 Å². The van der Waals surface area contributed by atoms with Gasteiger partial charge in [0, 0.05) is 24.3 Å². The molecular formula is C24H22N2O3S. The number of amides is 1. The Morgan fingerprint density at radius 3 is 2.30 bits per heavy atom. The number of benzene rings is 3. The molecular weight excluding hydrogens is 396 g/mol. The summed E-state index contributed by atoms with van der Waals surface area (Å²) >= 11 is 0. The van der Waals surface area contributed by atoms with Crippen molar-refractivity contribution in [1.82, 2.24) is 4.31 Å². The lowest BCUT2D eigenvalue weighted by Gasteiger charge is -2.15. The molecule has 0 bridgehead atoms. The summed E-state index contributed by atoms with van der Waals surface area (Å²) in [5, 5.41) is 2.93. The zero-order chi connectivity index (χ0) is 20.7. The van der Waals surface area contributed by atoms with E-state index in [1.54, 1.807) is 12.1 Å². The molecule has 0 spiro atoms. The highest BCUT2D eigenvalue weighted by molar-refractivity contribution is 7.89. The van der Waals surface area contributed by atoms with E-state index >= 15 is 0 Å². The number of hydrogen-bond acceptors (Lipinski definition) is 3. The van der Waals surface area contributed by atoms with Gasteiger partial charge in [0.05, 0.1) is 4.90 Å². The zero-order valence-electron chi connectivity index (χ0n) is 16.5. The van der Waals surface area contributed by atoms with E-state index in [0.717, 1.165) is 24.9 Å². The maximum atomic E-state index is 12.7. The minimum Gasteiger partial charge on any atom is -0.322 e. The Balaban J connectivity index is 1.32. The van der Waals surface area contributed by atoms with Crippen LogP contribution in [0.4, 0.5) is 5.69 Å². The van der Waals surface area contributed by atoms with E-state index in [2.05, 4.69) is 17.4 Å². The van der Waals surface area contributed by atoms with Gasteiger partial charge >= 0.3 is 0 Å². The van der Waals surface area contributed by atoms with Gasteiger partial charge in [0.15, 0.2) is 0 Å². The van der Waals surface area contributed by atoms with E-state index < -0.39 is 10.0 Å². The molecule has 6 heteroatoms. The van der Waals surface area contributed by atoms with Crippen molar-refractivity contribution in [3.63, 3.8) is 0 Å². The minimum absolute atomic E-state index is 0.233. The Kier molecular flexibility index (Phi) is 4.68. The van der Waals surface area contributed by atoms with E-state index in [4.69, 9.17) is 0 Å². The van der Waals surface area contributed by atoms with Crippen LogP contribution in [0.25, 0.3) is 11.1 Å². The second kappa shape index (κ2) is 7.38. The second-order valence-corrected chi connectivity index (χ2v) is 9.73. The number of anilines is 1. The van der Waals surface area contributed by atoms with Gasteiger partial charge in [-0.25, -0.2) is 8.42 Å². The van der Waals surface area contributed by atoms with Crippen LogP contribution < -0.4 is 5.32 Å². The van der Waals surface area contributed by atoms with Gasteiger partial charge in [-0.15, -0.1) is 0 Å². The number of carbonyl (C=O) groups excluding carboxylic acids is 1. The fourth-order valence-electron chi connectivity index (χ4n) is 4.28. The molecule has 30 heavy (non-hydrogen) atoms. The molecule has 0 radical (unpaired) electrons. The third-order valence-electron chi connectivity index (χ3n) is 5.87. The smallest absolute Gasteiger partial charge is 0.255 e. The molecule has 1 amide bonds. The van der Waals surface area contributed by atoms with E-state index in [-0.39, 0.29) is 10.8 Å². The summed E-state index contributed by atoms with van der Waals surface area (Å²) in [6.45, 7) is 1.12. The van der Waals surface area contributed by atoms with Crippen LogP contribution in [0.15, 0.2) is 71.6 Å². The third-order valence-corrected chi connectivity index (χ3v) is 7.78. The van der Waals surface area contributed by atoms with Crippen molar-refractivity contribution >= 4 is 21.6 Å². The second-order valence-electron chi connectivity index (χ2n) is 7.80. The Hall–Kier alpha value is -2.96. The quantitative estimate of drug-likeness (QED) is 0.538. The molecule has 5 nitrogen and oxygen atoms in total. The molecule has 1 aliphatic carbocycles. The Labute approximate surface area is 176 Å². The van der Waals surface area contributed by atoms with Crippen molar-refractivity contribution in [2.45, 2.75) is 24.2 Å². The topological polar surface area (TPSA) is 66.5 Å². The summed E-state index contributed by atoms with van der Waals surface area (Å²) in [4.78, 5) is 12.9. The number of carbonyl (C=O) groups is 1. The number of nitrogens with one attached hydrogen (secondary N) is 1. The minimum atomic E-state index is -3.47. The van der Waals surface area contributed by atoms with Gasteiger partial charge in [-0.05, 0) is 77.9 Å². The predicted molar refractivity (Wildman–Crippen MR) is 117 cm³/mol. The van der Waals surface area contributed by atoms with Crippen molar-refractivity contribution in [2.75, 3.05) is 18.4 Å². The average Bonchev–Trinajstić information content (AvgIpc) is 3.42. The van der Waals surface area contributed by atoms with E-state index in [9.17, 15) is 13.2 Å². The molecule has 1 saturated heterocycles. The van der Waals surface area contributed by atoms with Crippen molar-refractivity contribution in [2.24, 2.45) is 0 Å². The fraction of sp³-hybridized carbons (Fsp3) is 0.208. The Morgan fingerprint density at radius 2 is 1.53 bits per heavy atom. The first-order valence-corrected chi connectivity index (χ1v) is 11.6. The first-order valence-electron chi connectivity index (χ1n) is 10.2. The summed E-state index contributed by atoms with van der Waals surface area (Å²) < 4.78 is 26.8. The lowest BCUT2D eigenvalue weighted by Crippen LogP contribution is -2.27. The van der Waals surface area contributed by atoms with Gasteiger partial charge in [0.2, 0.25) is 10.0 Å². The van der Waals surface area contributed by atoms with Crippen LogP contribution in [0.1, 0.15) is 34.3 Å². The van der Waals surface area contributed by atoms with E-state index in [0.29, 0.717) is 18.7 Å². The Morgan fingerprint density at radius 1 is 0.833 bits per heavy atom. The van der Waals surface area contributed by atoms with Crippen LogP contribution in [-0.4, -0.2) is 31.7 Å². The molecule has 3 aromatic carbocycles. The summed E-state index contributed by atoms with van der Waals surface area (Å²) in [5.74, 6) is -0.254. The number of fused-ring (bicyclic) bond motifs is 3. The first-order chi connectivity index (χ1) is 14.5. The number of hydrogen-bond donors (Lipinski definition) is 1. The lowest BCUT2D eigenvalue weighted by atomic mass is 10.1. The first kappa shape index (κ1) is 19.0. The van der Waals surface area contributed by atoms with Gasteiger partial charge in [-0.2, -0.15) is 4.31 Å². The monoisotopic (exact) mass is 418 g/mol. The van der Waals surface area contributed by atoms with Crippen LogP contribution in [0.2, 0.25) is 0 Å². The van der Waals surface area contributed by atoms with Crippen LogP contribution in [0.3, 0.4) is 0 Å². The lowest BCUT2D eigenvalue weighted by molar-refractivity contribution is 0.102. The van der Waals surface area contributed by atoms with Crippen LogP contribution in [0, 0.1) is 0 Å². The number of rotatable bonds is 4. The molecule has 3 aromatic rings. The summed E-state index contributed by atoms with van der Waals surface area (Å²) in [5.41, 5.74) is 6.12. The van der Waals surface area contributed by atoms with Gasteiger partial charge in [-0.3, -0.25) is 4.79 Å². The molecule has 1 fully saturated rings. The van der Waals surface area contributed by atoms with E-state index in [1.807, 2.05) is 30.3 Å². The largest absolute Gasteiger partial charge is 0.322 e. The molecule has 1 aliphatic heterocycles. The molecule has 0 saturated carbocycles. The Bertz CT molecular complexity index is 1230. The molecule has 1 heterocycles. The number of nitrogens with zero attached hydrogens (tertiary/aromatic N) is 1. The van der Waals surface area contributed by atoms with Crippen molar-refractivity contribution in [3.8, 4) is 11.1 Å². The molecule has 0 aromatic heterocycles. The third kappa shape index (κ3) is 3.32. The van der Waals surface area contributed by atoms with Crippen LogP contribution in [-0.2, 0) is 16.4 Å². The predicted octanol–water partition coefficient (Wildman–Crippen LogP) is 4.29. The zero-order valence-corrected chi connectivity index (χ0v) is 17.3. The van der Waals surface area contributed by atoms with Crippen molar-refractivity contribution < 1.29 is 13.2 Å². The van der Waals surface area contributed by atoms with Crippen molar-refractivity contribution in [1.29, 1.82) is 0 Å². The van der Waals surface area contributed by atoms with Crippen LogP contribution in [0.5, 0.6) is 0 Å². The summed E-state index contributed by atoms with van der Waals surface area (Å²) in [7, 11) is -3.47. The average molecular weight is 419 g/mol. The molecule has 2 aliphatic rings. The highest BCUT2D eigenvalue weighted by Gasteiger charge is 2.27.